The normalized spacial score (nSPS) is 10.9. The van der Waals surface area contributed by atoms with Gasteiger partial charge in [0, 0.05) is 23.1 Å². The molecule has 24 heavy (non-hydrogen) atoms. The standard InChI is InChI=1S/C20H20BrFO2/c1-20(2,14-23-3)10-9-17-18(21)11-16(22)12-19(17)24-13-15-7-5-4-6-8-15/h4-8,11-12H,13-14H2,1-3H3. The second kappa shape index (κ2) is 8.32. The minimum absolute atomic E-state index is 0.306. The molecule has 0 saturated heterocycles. The van der Waals surface area contributed by atoms with E-state index in [-0.39, 0.29) is 11.2 Å². The first-order chi connectivity index (χ1) is 11.4. The van der Waals surface area contributed by atoms with Crippen LogP contribution in [0.4, 0.5) is 4.39 Å². The fraction of sp³-hybridized carbons (Fsp3) is 0.300. The smallest absolute Gasteiger partial charge is 0.139 e. The molecule has 0 aliphatic heterocycles. The molecule has 0 aliphatic carbocycles. The Labute approximate surface area is 151 Å². The van der Waals surface area contributed by atoms with Crippen molar-refractivity contribution >= 4 is 15.9 Å². The predicted octanol–water partition coefficient (Wildman–Crippen LogP) is 5.19. The van der Waals surface area contributed by atoms with Crippen LogP contribution < -0.4 is 4.74 Å². The van der Waals surface area contributed by atoms with Crippen molar-refractivity contribution in [2.75, 3.05) is 13.7 Å². The van der Waals surface area contributed by atoms with Crippen LogP contribution in [0.2, 0.25) is 0 Å². The molecule has 0 unspecified atom stereocenters. The number of benzene rings is 2. The summed E-state index contributed by atoms with van der Waals surface area (Å²) in [6.45, 7) is 4.85. The van der Waals surface area contributed by atoms with Crippen molar-refractivity contribution in [3.05, 3.63) is 63.9 Å². The molecule has 0 aliphatic rings. The lowest BCUT2D eigenvalue weighted by Crippen LogP contribution is -2.15. The lowest BCUT2D eigenvalue weighted by molar-refractivity contribution is 0.137. The Morgan fingerprint density at radius 3 is 2.54 bits per heavy atom. The zero-order valence-electron chi connectivity index (χ0n) is 14.0. The molecule has 4 heteroatoms. The zero-order valence-corrected chi connectivity index (χ0v) is 15.6. The lowest BCUT2D eigenvalue weighted by Gasteiger charge is -2.16. The third-order valence-corrected chi connectivity index (χ3v) is 3.91. The minimum atomic E-state index is -0.369. The van der Waals surface area contributed by atoms with E-state index in [1.54, 1.807) is 7.11 Å². The van der Waals surface area contributed by atoms with Gasteiger partial charge < -0.3 is 9.47 Å². The lowest BCUT2D eigenvalue weighted by atomic mass is 9.95. The quantitative estimate of drug-likeness (QED) is 0.653. The maximum Gasteiger partial charge on any atom is 0.139 e. The first-order valence-electron chi connectivity index (χ1n) is 7.59. The van der Waals surface area contributed by atoms with Crippen molar-refractivity contribution in [3.8, 4) is 17.6 Å². The summed E-state index contributed by atoms with van der Waals surface area (Å²) in [6, 6.07) is 12.5. The first kappa shape index (κ1) is 18.5. The van der Waals surface area contributed by atoms with Gasteiger partial charge in [-0.25, -0.2) is 4.39 Å². The Hall–Kier alpha value is -1.83. The van der Waals surface area contributed by atoms with Gasteiger partial charge in [0.15, 0.2) is 0 Å². The molecule has 0 bridgehead atoms. The van der Waals surface area contributed by atoms with Crippen LogP contribution >= 0.6 is 15.9 Å². The van der Waals surface area contributed by atoms with Gasteiger partial charge in [-0.3, -0.25) is 0 Å². The van der Waals surface area contributed by atoms with E-state index in [2.05, 4.69) is 27.8 Å². The van der Waals surface area contributed by atoms with Crippen LogP contribution in [-0.4, -0.2) is 13.7 Å². The Kier molecular flexibility index (Phi) is 6.42. The fourth-order valence-corrected chi connectivity index (χ4v) is 2.66. The second-order valence-corrected chi connectivity index (χ2v) is 6.96. The number of rotatable bonds is 5. The van der Waals surface area contributed by atoms with Gasteiger partial charge in [0.25, 0.3) is 0 Å². The molecular weight excluding hydrogens is 371 g/mol. The van der Waals surface area contributed by atoms with Gasteiger partial charge in [-0.2, -0.15) is 0 Å². The van der Waals surface area contributed by atoms with Crippen molar-refractivity contribution in [2.45, 2.75) is 20.5 Å². The average molecular weight is 391 g/mol. The molecular formula is C20H20BrFO2. The van der Waals surface area contributed by atoms with Crippen LogP contribution in [0, 0.1) is 23.1 Å². The SMILES string of the molecule is COCC(C)(C)C#Cc1c(Br)cc(F)cc1OCc1ccccc1. The van der Waals surface area contributed by atoms with Crippen molar-refractivity contribution in [2.24, 2.45) is 5.41 Å². The zero-order chi connectivity index (χ0) is 17.6. The van der Waals surface area contributed by atoms with Gasteiger partial charge in [-0.05, 0) is 41.4 Å². The van der Waals surface area contributed by atoms with E-state index < -0.39 is 0 Å². The number of hydrogen-bond acceptors (Lipinski definition) is 2. The number of hydrogen-bond donors (Lipinski definition) is 0. The Bertz CT molecular complexity index is 745. The van der Waals surface area contributed by atoms with Gasteiger partial charge in [0.1, 0.15) is 18.2 Å². The van der Waals surface area contributed by atoms with E-state index in [4.69, 9.17) is 9.47 Å². The summed E-state index contributed by atoms with van der Waals surface area (Å²) in [5.41, 5.74) is 1.34. The molecule has 2 aromatic carbocycles. The monoisotopic (exact) mass is 390 g/mol. The Morgan fingerprint density at radius 1 is 1.17 bits per heavy atom. The summed E-state index contributed by atoms with van der Waals surface area (Å²) in [5.74, 6) is 6.32. The fourth-order valence-electron chi connectivity index (χ4n) is 2.15. The highest BCUT2D eigenvalue weighted by Gasteiger charge is 2.15. The highest BCUT2D eigenvalue weighted by atomic mass is 79.9. The highest BCUT2D eigenvalue weighted by Crippen LogP contribution is 2.29. The van der Waals surface area contributed by atoms with E-state index in [1.165, 1.54) is 12.1 Å². The Morgan fingerprint density at radius 2 is 1.88 bits per heavy atom. The van der Waals surface area contributed by atoms with Crippen LogP contribution in [0.15, 0.2) is 46.9 Å². The molecule has 0 spiro atoms. The van der Waals surface area contributed by atoms with Crippen molar-refractivity contribution in [1.29, 1.82) is 0 Å². The van der Waals surface area contributed by atoms with Crippen molar-refractivity contribution < 1.29 is 13.9 Å². The van der Waals surface area contributed by atoms with E-state index in [9.17, 15) is 4.39 Å². The molecule has 126 valence electrons. The van der Waals surface area contributed by atoms with Crippen LogP contribution in [0.3, 0.4) is 0 Å². The summed E-state index contributed by atoms with van der Waals surface area (Å²) in [4.78, 5) is 0. The number of ether oxygens (including phenoxy) is 2. The third kappa shape index (κ3) is 5.36. The largest absolute Gasteiger partial charge is 0.487 e. The van der Waals surface area contributed by atoms with Crippen molar-refractivity contribution in [1.82, 2.24) is 0 Å². The van der Waals surface area contributed by atoms with E-state index in [1.807, 2.05) is 44.2 Å². The minimum Gasteiger partial charge on any atom is -0.487 e. The van der Waals surface area contributed by atoms with E-state index in [0.29, 0.717) is 29.0 Å². The number of halogens is 2. The van der Waals surface area contributed by atoms with Crippen LogP contribution in [0.5, 0.6) is 5.75 Å². The molecule has 0 N–H and O–H groups in total. The third-order valence-electron chi connectivity index (χ3n) is 3.29. The predicted molar refractivity (Wildman–Crippen MR) is 97.4 cm³/mol. The summed E-state index contributed by atoms with van der Waals surface area (Å²) >= 11 is 3.38. The van der Waals surface area contributed by atoms with E-state index in [0.717, 1.165) is 5.56 Å². The van der Waals surface area contributed by atoms with Gasteiger partial charge in [-0.15, -0.1) is 0 Å². The molecule has 2 aromatic rings. The average Bonchev–Trinajstić information content (AvgIpc) is 2.52. The molecule has 0 heterocycles. The van der Waals surface area contributed by atoms with Crippen LogP contribution in [-0.2, 0) is 11.3 Å². The maximum absolute atomic E-state index is 13.8. The molecule has 0 aromatic heterocycles. The second-order valence-electron chi connectivity index (χ2n) is 6.10. The molecule has 2 rings (SSSR count). The molecule has 0 atom stereocenters. The summed E-state index contributed by atoms with van der Waals surface area (Å²) < 4.78 is 25.3. The van der Waals surface area contributed by atoms with Gasteiger partial charge in [-0.1, -0.05) is 42.2 Å². The topological polar surface area (TPSA) is 18.5 Å². The molecule has 2 nitrogen and oxygen atoms in total. The molecule has 0 radical (unpaired) electrons. The summed E-state index contributed by atoms with van der Waals surface area (Å²) in [5, 5.41) is 0. The maximum atomic E-state index is 13.8. The Balaban J connectivity index is 2.29. The molecule has 0 amide bonds. The van der Waals surface area contributed by atoms with Crippen LogP contribution in [0.1, 0.15) is 25.0 Å². The summed E-state index contributed by atoms with van der Waals surface area (Å²) in [7, 11) is 1.64. The van der Waals surface area contributed by atoms with E-state index >= 15 is 0 Å². The van der Waals surface area contributed by atoms with Gasteiger partial charge in [0.05, 0.1) is 12.2 Å². The van der Waals surface area contributed by atoms with Gasteiger partial charge >= 0.3 is 0 Å². The summed E-state index contributed by atoms with van der Waals surface area (Å²) in [6.07, 6.45) is 0. The first-order valence-corrected chi connectivity index (χ1v) is 8.38. The van der Waals surface area contributed by atoms with Crippen molar-refractivity contribution in [3.63, 3.8) is 0 Å². The highest BCUT2D eigenvalue weighted by molar-refractivity contribution is 9.10. The van der Waals surface area contributed by atoms with Crippen LogP contribution in [0.25, 0.3) is 0 Å². The molecule has 0 fully saturated rings. The number of methoxy groups -OCH3 is 1. The molecule has 0 saturated carbocycles. The van der Waals surface area contributed by atoms with Gasteiger partial charge in [0.2, 0.25) is 0 Å².